The minimum Gasteiger partial charge on any atom is -0.478 e. The van der Waals surface area contributed by atoms with Crippen molar-refractivity contribution < 1.29 is 19.4 Å². The van der Waals surface area contributed by atoms with Crippen LogP contribution in [0.25, 0.3) is 0 Å². The van der Waals surface area contributed by atoms with E-state index >= 15 is 0 Å². The van der Waals surface area contributed by atoms with Crippen LogP contribution in [0.1, 0.15) is 13.3 Å². The minimum atomic E-state index is -0.926. The molecule has 0 radical (unpaired) electrons. The van der Waals surface area contributed by atoms with Crippen molar-refractivity contribution in [2.24, 2.45) is 0 Å². The third-order valence-corrected chi connectivity index (χ3v) is 3.00. The zero-order chi connectivity index (χ0) is 14.4. The lowest BCUT2D eigenvalue weighted by Crippen LogP contribution is -2.25. The molecule has 2 aliphatic carbocycles. The molecule has 0 aliphatic heterocycles. The Morgan fingerprint density at radius 2 is 1.55 bits per heavy atom. The maximum atomic E-state index is 10.8. The number of hydrogen-bond donors (Lipinski definition) is 1. The second-order valence-electron chi connectivity index (χ2n) is 4.60. The van der Waals surface area contributed by atoms with E-state index in [1.807, 2.05) is 48.6 Å². The van der Waals surface area contributed by atoms with Crippen molar-refractivity contribution in [2.45, 2.75) is 31.8 Å². The second kappa shape index (κ2) is 7.03. The maximum Gasteiger partial charge on any atom is 0.330 e. The molecule has 0 aromatic rings. The smallest absolute Gasteiger partial charge is 0.330 e. The van der Waals surface area contributed by atoms with Crippen LogP contribution in [0.15, 0.2) is 60.3 Å². The summed E-state index contributed by atoms with van der Waals surface area (Å²) in [5.74, 6) is -0.926. The highest BCUT2D eigenvalue weighted by molar-refractivity contribution is 5.85. The Labute approximate surface area is 118 Å². The van der Waals surface area contributed by atoms with Gasteiger partial charge in [-0.15, -0.1) is 0 Å². The summed E-state index contributed by atoms with van der Waals surface area (Å²) in [4.78, 5) is 10.8. The third-order valence-electron chi connectivity index (χ3n) is 3.00. The van der Waals surface area contributed by atoms with Crippen LogP contribution < -0.4 is 0 Å². The molecule has 2 aliphatic rings. The van der Waals surface area contributed by atoms with Gasteiger partial charge in [0, 0.05) is 12.0 Å². The van der Waals surface area contributed by atoms with Crippen molar-refractivity contribution >= 4 is 5.97 Å². The lowest BCUT2D eigenvalue weighted by Gasteiger charge is -2.22. The number of hydrogen-bond acceptors (Lipinski definition) is 3. The van der Waals surface area contributed by atoms with Crippen molar-refractivity contribution in [1.29, 1.82) is 0 Å². The van der Waals surface area contributed by atoms with Gasteiger partial charge in [0.1, 0.15) is 0 Å². The molecule has 0 saturated carbocycles. The molecular formula is C16H18O4. The van der Waals surface area contributed by atoms with Crippen LogP contribution in [0, 0.1) is 0 Å². The molecule has 0 spiro atoms. The highest BCUT2D eigenvalue weighted by Crippen LogP contribution is 2.17. The molecule has 20 heavy (non-hydrogen) atoms. The molecule has 0 aromatic heterocycles. The van der Waals surface area contributed by atoms with Crippen molar-refractivity contribution in [2.75, 3.05) is 0 Å². The Hall–Kier alpha value is -1.91. The van der Waals surface area contributed by atoms with E-state index in [0.29, 0.717) is 6.42 Å². The van der Waals surface area contributed by atoms with Crippen LogP contribution in [0.3, 0.4) is 0 Å². The van der Waals surface area contributed by atoms with E-state index in [4.69, 9.17) is 14.6 Å². The van der Waals surface area contributed by atoms with Gasteiger partial charge >= 0.3 is 5.97 Å². The van der Waals surface area contributed by atoms with E-state index in [1.165, 1.54) is 0 Å². The topological polar surface area (TPSA) is 55.8 Å². The van der Waals surface area contributed by atoms with Gasteiger partial charge in [0.2, 0.25) is 0 Å². The summed E-state index contributed by atoms with van der Waals surface area (Å²) in [6.45, 7) is 1.56. The van der Waals surface area contributed by atoms with Gasteiger partial charge in [0.05, 0.1) is 12.2 Å². The van der Waals surface area contributed by atoms with Crippen molar-refractivity contribution in [1.82, 2.24) is 0 Å². The Morgan fingerprint density at radius 1 is 1.10 bits per heavy atom. The summed E-state index contributed by atoms with van der Waals surface area (Å²) in [5.41, 5.74) is 0.289. The Kier molecular flexibility index (Phi) is 5.09. The predicted molar refractivity (Wildman–Crippen MR) is 76.1 cm³/mol. The Balaban J connectivity index is 1.95. The normalized spacial score (nSPS) is 18.8. The molecule has 0 atom stereocenters. The zero-order valence-corrected chi connectivity index (χ0v) is 11.3. The monoisotopic (exact) mass is 274 g/mol. The molecular weight excluding hydrogens is 256 g/mol. The minimum absolute atomic E-state index is 0.118. The van der Waals surface area contributed by atoms with Gasteiger partial charge in [0.25, 0.3) is 0 Å². The van der Waals surface area contributed by atoms with E-state index < -0.39 is 12.3 Å². The first-order valence-electron chi connectivity index (χ1n) is 6.56. The van der Waals surface area contributed by atoms with E-state index in [9.17, 15) is 4.79 Å². The predicted octanol–water partition coefficient (Wildman–Crippen LogP) is 2.76. The van der Waals surface area contributed by atoms with Crippen molar-refractivity contribution in [3.05, 3.63) is 60.3 Å². The number of carboxylic acids is 1. The van der Waals surface area contributed by atoms with Crippen LogP contribution in [-0.4, -0.2) is 29.6 Å². The van der Waals surface area contributed by atoms with Crippen LogP contribution in [-0.2, 0) is 14.3 Å². The molecule has 0 saturated heterocycles. The lowest BCUT2D eigenvalue weighted by molar-refractivity contribution is -0.155. The molecule has 106 valence electrons. The molecule has 4 nitrogen and oxygen atoms in total. The van der Waals surface area contributed by atoms with E-state index in [2.05, 4.69) is 0 Å². The Morgan fingerprint density at radius 3 is 1.95 bits per heavy atom. The fraction of sp³-hybridized carbons (Fsp3) is 0.312. The molecule has 0 aromatic carbocycles. The Bertz CT molecular complexity index is 443. The lowest BCUT2D eigenvalue weighted by atomic mass is 10.2. The summed E-state index contributed by atoms with van der Waals surface area (Å²) in [6, 6.07) is 0. The van der Waals surface area contributed by atoms with Gasteiger partial charge in [0.15, 0.2) is 6.29 Å². The van der Waals surface area contributed by atoms with Gasteiger partial charge in [-0.1, -0.05) is 54.7 Å². The van der Waals surface area contributed by atoms with Gasteiger partial charge < -0.3 is 14.6 Å². The van der Waals surface area contributed by atoms with E-state index in [0.717, 1.165) is 0 Å². The van der Waals surface area contributed by atoms with Gasteiger partial charge in [-0.25, -0.2) is 4.79 Å². The average molecular weight is 274 g/mol. The molecule has 0 heterocycles. The van der Waals surface area contributed by atoms with Crippen LogP contribution in [0.5, 0.6) is 0 Å². The van der Waals surface area contributed by atoms with Crippen LogP contribution >= 0.6 is 0 Å². The fourth-order valence-corrected chi connectivity index (χ4v) is 1.86. The number of aliphatic carboxylic acids is 1. The van der Waals surface area contributed by atoms with Crippen molar-refractivity contribution in [3.8, 4) is 0 Å². The zero-order valence-electron chi connectivity index (χ0n) is 11.3. The standard InChI is InChI=1S/C16H18O4/c1-12(16(17)18)10-11-15(19-13-6-2-3-7-13)20-14-8-4-5-9-14/h2-10,13-15H,11H2,1H3,(H,17,18). The second-order valence-corrected chi connectivity index (χ2v) is 4.60. The molecule has 1 N–H and O–H groups in total. The quantitative estimate of drug-likeness (QED) is 0.573. The summed E-state index contributed by atoms with van der Waals surface area (Å²) in [6.07, 6.45) is 16.6. The van der Waals surface area contributed by atoms with Gasteiger partial charge in [-0.2, -0.15) is 0 Å². The first-order valence-corrected chi connectivity index (χ1v) is 6.56. The summed E-state index contributed by atoms with van der Waals surface area (Å²) in [7, 11) is 0. The SMILES string of the molecule is CC(=CCC(OC1C=CC=C1)OC1C=CC=C1)C(=O)O. The largest absolute Gasteiger partial charge is 0.478 e. The number of carboxylic acid groups (broad SMARTS) is 1. The highest BCUT2D eigenvalue weighted by atomic mass is 16.7. The van der Waals surface area contributed by atoms with Crippen LogP contribution in [0.4, 0.5) is 0 Å². The molecule has 4 heteroatoms. The summed E-state index contributed by atoms with van der Waals surface area (Å²) in [5, 5.41) is 8.87. The molecule has 0 unspecified atom stereocenters. The fourth-order valence-electron chi connectivity index (χ4n) is 1.86. The summed E-state index contributed by atoms with van der Waals surface area (Å²) >= 11 is 0. The van der Waals surface area contributed by atoms with Gasteiger partial charge in [-0.3, -0.25) is 0 Å². The highest BCUT2D eigenvalue weighted by Gasteiger charge is 2.18. The number of allylic oxidation sites excluding steroid dienone is 4. The molecule has 0 amide bonds. The number of ether oxygens (including phenoxy) is 2. The first kappa shape index (κ1) is 14.5. The first-order chi connectivity index (χ1) is 9.65. The number of carbonyl (C=O) groups is 1. The van der Waals surface area contributed by atoms with Gasteiger partial charge in [-0.05, 0) is 6.92 Å². The van der Waals surface area contributed by atoms with Crippen molar-refractivity contribution in [3.63, 3.8) is 0 Å². The molecule has 0 bridgehead atoms. The third kappa shape index (κ3) is 4.33. The average Bonchev–Trinajstić information content (AvgIpc) is 3.08. The maximum absolute atomic E-state index is 10.8. The number of rotatable bonds is 7. The van der Waals surface area contributed by atoms with Crippen LogP contribution in [0.2, 0.25) is 0 Å². The van der Waals surface area contributed by atoms with E-state index in [-0.39, 0.29) is 17.8 Å². The molecule has 0 fully saturated rings. The summed E-state index contributed by atoms with van der Waals surface area (Å²) < 4.78 is 11.6. The molecule has 2 rings (SSSR count). The van der Waals surface area contributed by atoms with E-state index in [1.54, 1.807) is 13.0 Å².